The van der Waals surface area contributed by atoms with E-state index in [-0.39, 0.29) is 29.5 Å². The van der Waals surface area contributed by atoms with Crippen LogP contribution < -0.4 is 5.32 Å². The number of hydrogen-bond donors (Lipinski definition) is 2. The third-order valence-electron chi connectivity index (χ3n) is 6.17. The molecule has 1 aromatic rings. The highest BCUT2D eigenvalue weighted by Gasteiger charge is 2.48. The Balaban J connectivity index is 1.94. The van der Waals surface area contributed by atoms with Crippen molar-refractivity contribution in [3.8, 4) is 0 Å². The van der Waals surface area contributed by atoms with E-state index >= 15 is 0 Å². The maximum absolute atomic E-state index is 13.1. The largest absolute Gasteiger partial charge is 0.504 e. The van der Waals surface area contributed by atoms with Gasteiger partial charge in [-0.2, -0.15) is 0 Å². The Morgan fingerprint density at radius 1 is 1.21 bits per heavy atom. The van der Waals surface area contributed by atoms with Crippen molar-refractivity contribution in [3.05, 3.63) is 59.4 Å². The Morgan fingerprint density at radius 3 is 2.41 bits per heavy atom. The zero-order chi connectivity index (χ0) is 25.4. The topological polar surface area (TPSA) is 106 Å². The van der Waals surface area contributed by atoms with Crippen molar-refractivity contribution in [1.82, 2.24) is 20.0 Å². The lowest BCUT2D eigenvalue weighted by molar-refractivity contribution is -0.151. The van der Waals surface area contributed by atoms with E-state index in [2.05, 4.69) is 16.9 Å². The second-order valence-corrected chi connectivity index (χ2v) is 9.33. The molecule has 3 amide bonds. The number of amides is 3. The van der Waals surface area contributed by atoms with E-state index < -0.39 is 29.2 Å². The van der Waals surface area contributed by atoms with Gasteiger partial charge in [0.1, 0.15) is 11.7 Å². The van der Waals surface area contributed by atoms with Crippen LogP contribution in [0, 0.1) is 11.2 Å². The first-order valence-corrected chi connectivity index (χ1v) is 10.8. The van der Waals surface area contributed by atoms with Gasteiger partial charge >= 0.3 is 11.8 Å². The molecule has 0 saturated carbocycles. The van der Waals surface area contributed by atoms with Gasteiger partial charge in [0.15, 0.2) is 11.5 Å². The highest BCUT2D eigenvalue weighted by atomic mass is 19.1. The minimum Gasteiger partial charge on any atom is -0.504 e. The first kappa shape index (κ1) is 24.9. The maximum atomic E-state index is 13.1. The van der Waals surface area contributed by atoms with Crippen molar-refractivity contribution in [1.29, 1.82) is 0 Å². The smallest absolute Gasteiger partial charge is 0.312 e. The van der Waals surface area contributed by atoms with E-state index in [4.69, 9.17) is 0 Å². The average Bonchev–Trinajstić information content (AvgIpc) is 2.78. The molecule has 10 heteroatoms. The number of benzene rings is 1. The van der Waals surface area contributed by atoms with Crippen LogP contribution in [0.15, 0.2) is 53.0 Å². The fourth-order valence-corrected chi connectivity index (χ4v) is 4.16. The summed E-state index contributed by atoms with van der Waals surface area (Å²) in [4.78, 5) is 46.8. The number of hydrogen-bond acceptors (Lipinski definition) is 6. The Bertz CT molecular complexity index is 1090. The zero-order valence-corrected chi connectivity index (χ0v) is 20.1. The summed E-state index contributed by atoms with van der Waals surface area (Å²) < 4.78 is 13.1. The molecule has 0 aromatic heterocycles. The summed E-state index contributed by atoms with van der Waals surface area (Å²) >= 11 is 0. The molecule has 2 N–H and O–H groups in total. The van der Waals surface area contributed by atoms with Crippen LogP contribution in [0.25, 0.3) is 0 Å². The summed E-state index contributed by atoms with van der Waals surface area (Å²) in [7, 11) is 4.52. The molecule has 1 aromatic carbocycles. The van der Waals surface area contributed by atoms with E-state index in [0.29, 0.717) is 24.4 Å². The predicted octanol–water partition coefficient (Wildman–Crippen LogP) is 1.78. The van der Waals surface area contributed by atoms with Gasteiger partial charge in [0, 0.05) is 34.2 Å². The minimum atomic E-state index is -0.709. The Labute approximate surface area is 198 Å². The van der Waals surface area contributed by atoms with Crippen LogP contribution in [0.2, 0.25) is 0 Å². The standard InChI is InChI=1S/C24H30FN5O4/c1-14-18(31)17(21(32)26-13-15-7-9-16(25)10-8-15)27-20-19(24(2,3)11-12-30(14)20)29(6)23(34)22(33)28(4)5/h7-10,19,31H,1,11-13H2,2-6H3,(H,26,32). The Hall–Kier alpha value is -3.69. The molecule has 2 aliphatic heterocycles. The molecule has 1 saturated heterocycles. The summed E-state index contributed by atoms with van der Waals surface area (Å²) in [6, 6.07) is 5.01. The predicted molar refractivity (Wildman–Crippen MR) is 125 cm³/mol. The highest BCUT2D eigenvalue weighted by molar-refractivity contribution is 6.35. The quantitative estimate of drug-likeness (QED) is 0.652. The third kappa shape index (κ3) is 4.66. The van der Waals surface area contributed by atoms with Crippen LogP contribution >= 0.6 is 0 Å². The molecule has 1 atom stereocenters. The molecule has 1 unspecified atom stereocenters. The number of carbonyl (C=O) groups excluding carboxylic acids is 3. The summed E-state index contributed by atoms with van der Waals surface area (Å²) in [5.74, 6) is -2.43. The van der Waals surface area contributed by atoms with E-state index in [1.54, 1.807) is 17.0 Å². The second kappa shape index (κ2) is 9.28. The lowest BCUT2D eigenvalue weighted by Crippen LogP contribution is -2.62. The minimum absolute atomic E-state index is 0.0988. The fraction of sp³-hybridized carbons (Fsp3) is 0.417. The molecular formula is C24H30FN5O4. The number of carbonyl (C=O) groups is 3. The van der Waals surface area contributed by atoms with Crippen LogP contribution in [0.3, 0.4) is 0 Å². The van der Waals surface area contributed by atoms with Crippen LogP contribution in [0.1, 0.15) is 25.8 Å². The molecule has 2 aliphatic rings. The van der Waals surface area contributed by atoms with E-state index in [0.717, 1.165) is 0 Å². The molecule has 1 fully saturated rings. The van der Waals surface area contributed by atoms with E-state index in [1.807, 2.05) is 13.8 Å². The highest BCUT2D eigenvalue weighted by Crippen LogP contribution is 2.39. The van der Waals surface area contributed by atoms with Gasteiger partial charge in [-0.3, -0.25) is 14.4 Å². The number of amidine groups is 1. The number of rotatable bonds is 4. The monoisotopic (exact) mass is 471 g/mol. The molecule has 3 rings (SSSR count). The lowest BCUT2D eigenvalue weighted by atomic mass is 9.76. The van der Waals surface area contributed by atoms with Gasteiger partial charge in [-0.25, -0.2) is 9.38 Å². The van der Waals surface area contributed by atoms with E-state index in [9.17, 15) is 23.9 Å². The lowest BCUT2D eigenvalue weighted by Gasteiger charge is -2.50. The van der Waals surface area contributed by atoms with Gasteiger partial charge < -0.3 is 25.1 Å². The second-order valence-electron chi connectivity index (χ2n) is 9.33. The summed E-state index contributed by atoms with van der Waals surface area (Å²) in [6.07, 6.45) is 0.628. The van der Waals surface area contributed by atoms with Crippen molar-refractivity contribution < 1.29 is 23.9 Å². The van der Waals surface area contributed by atoms with E-state index in [1.165, 1.54) is 43.1 Å². The summed E-state index contributed by atoms with van der Waals surface area (Å²) in [5, 5.41) is 13.4. The van der Waals surface area contributed by atoms with Crippen LogP contribution in [-0.4, -0.2) is 77.1 Å². The molecule has 0 radical (unpaired) electrons. The third-order valence-corrected chi connectivity index (χ3v) is 6.17. The number of fused-ring (bicyclic) bond motifs is 1. The first-order valence-electron chi connectivity index (χ1n) is 10.8. The van der Waals surface area contributed by atoms with Crippen molar-refractivity contribution in [3.63, 3.8) is 0 Å². The van der Waals surface area contributed by atoms with Gasteiger partial charge in [0.05, 0.1) is 11.7 Å². The molecule has 0 bridgehead atoms. The van der Waals surface area contributed by atoms with Crippen molar-refractivity contribution in [2.75, 3.05) is 27.7 Å². The summed E-state index contributed by atoms with van der Waals surface area (Å²) in [5.41, 5.74) is 0.149. The van der Waals surface area contributed by atoms with Crippen molar-refractivity contribution >= 4 is 23.6 Å². The Morgan fingerprint density at radius 2 is 1.82 bits per heavy atom. The number of aliphatic imine (C=N–C) groups is 1. The molecule has 2 heterocycles. The van der Waals surface area contributed by atoms with Gasteiger partial charge in [-0.15, -0.1) is 0 Å². The number of likely N-dealkylation sites (N-methyl/N-ethyl adjacent to an activating group) is 2. The molecule has 34 heavy (non-hydrogen) atoms. The maximum Gasteiger partial charge on any atom is 0.312 e. The molecule has 0 aliphatic carbocycles. The molecular weight excluding hydrogens is 441 g/mol. The average molecular weight is 472 g/mol. The van der Waals surface area contributed by atoms with Gasteiger partial charge in [-0.1, -0.05) is 32.6 Å². The normalized spacial score (nSPS) is 19.2. The van der Waals surface area contributed by atoms with Gasteiger partial charge in [-0.05, 0) is 29.5 Å². The van der Waals surface area contributed by atoms with Crippen LogP contribution in [-0.2, 0) is 20.9 Å². The zero-order valence-electron chi connectivity index (χ0n) is 20.1. The van der Waals surface area contributed by atoms with Gasteiger partial charge in [0.2, 0.25) is 0 Å². The first-order chi connectivity index (χ1) is 15.8. The number of piperidine rings is 1. The molecule has 9 nitrogen and oxygen atoms in total. The SMILES string of the molecule is C=C1C(O)=C(C(=O)NCc2ccc(F)cc2)N=C2C(N(C)C(=O)C(=O)N(C)C)C(C)(C)CCN12. The Kier molecular flexibility index (Phi) is 6.81. The van der Waals surface area contributed by atoms with Crippen molar-refractivity contribution in [2.24, 2.45) is 10.4 Å². The summed E-state index contributed by atoms with van der Waals surface area (Å²) in [6.45, 7) is 8.41. The van der Waals surface area contributed by atoms with Gasteiger partial charge in [0.25, 0.3) is 5.91 Å². The number of nitrogens with one attached hydrogen (secondary N) is 1. The number of halogens is 1. The van der Waals surface area contributed by atoms with Crippen LogP contribution in [0.5, 0.6) is 0 Å². The van der Waals surface area contributed by atoms with Crippen molar-refractivity contribution in [2.45, 2.75) is 32.9 Å². The molecule has 0 spiro atoms. The number of aliphatic hydroxyl groups is 1. The fourth-order valence-electron chi connectivity index (χ4n) is 4.16. The molecule has 182 valence electrons. The number of nitrogens with zero attached hydrogens (tertiary/aromatic N) is 4. The number of aliphatic hydroxyl groups excluding tert-OH is 1. The van der Waals surface area contributed by atoms with Crippen LogP contribution in [0.4, 0.5) is 4.39 Å².